The molecule has 1 aromatic carbocycles. The van der Waals surface area contributed by atoms with E-state index in [4.69, 9.17) is 9.52 Å². The maximum Gasteiger partial charge on any atom is 0.307 e. The Balaban J connectivity index is 1.66. The Hall–Kier alpha value is -2.14. The largest absolute Gasteiger partial charge is 0.481 e. The van der Waals surface area contributed by atoms with Gasteiger partial charge in [0.1, 0.15) is 6.26 Å². The molecule has 0 amide bonds. The quantitative estimate of drug-likeness (QED) is 0.935. The van der Waals surface area contributed by atoms with Crippen LogP contribution in [0.2, 0.25) is 0 Å². The first-order valence-corrected chi connectivity index (χ1v) is 7.08. The van der Waals surface area contributed by atoms with Crippen LogP contribution in [0.4, 0.5) is 0 Å². The highest BCUT2D eigenvalue weighted by Crippen LogP contribution is 2.22. The Labute approximate surface area is 123 Å². The van der Waals surface area contributed by atoms with Crippen LogP contribution < -0.4 is 0 Å². The van der Waals surface area contributed by atoms with E-state index in [9.17, 15) is 4.79 Å². The zero-order valence-electron chi connectivity index (χ0n) is 12.0. The van der Waals surface area contributed by atoms with Gasteiger partial charge < -0.3 is 9.52 Å². The molecule has 0 radical (unpaired) electrons. The van der Waals surface area contributed by atoms with Gasteiger partial charge in [0.25, 0.3) is 0 Å². The number of aliphatic carboxylic acids is 1. The fourth-order valence-electron chi connectivity index (χ4n) is 2.62. The molecule has 5 heteroatoms. The fraction of sp³-hybridized carbons (Fsp3) is 0.375. The van der Waals surface area contributed by atoms with Gasteiger partial charge in [-0.2, -0.15) is 0 Å². The number of benzene rings is 1. The molecule has 1 aliphatic heterocycles. The van der Waals surface area contributed by atoms with Gasteiger partial charge in [-0.1, -0.05) is 17.7 Å². The number of aryl methyl sites for hydroxylation is 1. The van der Waals surface area contributed by atoms with Gasteiger partial charge in [-0.05, 0) is 32.0 Å². The van der Waals surface area contributed by atoms with Crippen LogP contribution in [0, 0.1) is 12.8 Å². The van der Waals surface area contributed by atoms with Crippen LogP contribution in [0.1, 0.15) is 17.7 Å². The topological polar surface area (TPSA) is 66.6 Å². The fourth-order valence-corrected chi connectivity index (χ4v) is 2.62. The maximum absolute atomic E-state index is 11.0. The first-order chi connectivity index (χ1) is 10.1. The van der Waals surface area contributed by atoms with Gasteiger partial charge in [0.05, 0.1) is 11.6 Å². The molecule has 0 aliphatic carbocycles. The molecule has 110 valence electrons. The molecular weight excluding hydrogens is 268 g/mol. The van der Waals surface area contributed by atoms with Crippen molar-refractivity contribution in [3.63, 3.8) is 0 Å². The molecule has 1 aromatic heterocycles. The lowest BCUT2D eigenvalue weighted by Gasteiger charge is -2.12. The number of carboxylic acids is 1. The van der Waals surface area contributed by atoms with Crippen LogP contribution >= 0.6 is 0 Å². The Morgan fingerprint density at radius 3 is 2.86 bits per heavy atom. The van der Waals surface area contributed by atoms with Crippen molar-refractivity contribution < 1.29 is 14.3 Å². The summed E-state index contributed by atoms with van der Waals surface area (Å²) in [6.07, 6.45) is 2.36. The average Bonchev–Trinajstić information content (AvgIpc) is 3.10. The molecular formula is C16H18N2O3. The summed E-state index contributed by atoms with van der Waals surface area (Å²) in [6.45, 7) is 4.06. The molecule has 1 unspecified atom stereocenters. The van der Waals surface area contributed by atoms with Crippen molar-refractivity contribution in [3.8, 4) is 11.5 Å². The van der Waals surface area contributed by atoms with Gasteiger partial charge in [0.2, 0.25) is 5.89 Å². The molecule has 1 atom stereocenters. The summed E-state index contributed by atoms with van der Waals surface area (Å²) in [4.78, 5) is 17.5. The Morgan fingerprint density at radius 1 is 1.43 bits per heavy atom. The minimum atomic E-state index is -0.710. The van der Waals surface area contributed by atoms with Crippen molar-refractivity contribution in [2.75, 3.05) is 13.1 Å². The molecule has 1 saturated heterocycles. The molecule has 2 aromatic rings. The molecule has 1 N–H and O–H groups in total. The number of hydrogen-bond acceptors (Lipinski definition) is 4. The van der Waals surface area contributed by atoms with Gasteiger partial charge >= 0.3 is 5.97 Å². The molecule has 1 aliphatic rings. The lowest BCUT2D eigenvalue weighted by Crippen LogP contribution is -2.22. The molecule has 0 spiro atoms. The molecule has 5 nitrogen and oxygen atoms in total. The minimum absolute atomic E-state index is 0.256. The second-order valence-electron chi connectivity index (χ2n) is 5.57. The van der Waals surface area contributed by atoms with Crippen molar-refractivity contribution in [1.82, 2.24) is 9.88 Å². The third-order valence-corrected chi connectivity index (χ3v) is 3.86. The van der Waals surface area contributed by atoms with Crippen LogP contribution in [-0.4, -0.2) is 34.0 Å². The van der Waals surface area contributed by atoms with Crippen LogP contribution in [0.3, 0.4) is 0 Å². The SMILES string of the molecule is Cc1ccc(-c2nc(CN3CCC(C(=O)O)C3)co2)cc1. The summed E-state index contributed by atoms with van der Waals surface area (Å²) in [5.74, 6) is -0.356. The van der Waals surface area contributed by atoms with E-state index in [0.29, 0.717) is 25.4 Å². The summed E-state index contributed by atoms with van der Waals surface area (Å²) >= 11 is 0. The molecule has 2 heterocycles. The van der Waals surface area contributed by atoms with Crippen LogP contribution in [0.5, 0.6) is 0 Å². The average molecular weight is 286 g/mol. The van der Waals surface area contributed by atoms with Crippen molar-refractivity contribution >= 4 is 5.97 Å². The van der Waals surface area contributed by atoms with Gasteiger partial charge in [0.15, 0.2) is 0 Å². The van der Waals surface area contributed by atoms with E-state index in [2.05, 4.69) is 9.88 Å². The van der Waals surface area contributed by atoms with Crippen molar-refractivity contribution in [2.24, 2.45) is 5.92 Å². The van der Waals surface area contributed by atoms with Gasteiger partial charge in [-0.15, -0.1) is 0 Å². The third-order valence-electron chi connectivity index (χ3n) is 3.86. The lowest BCUT2D eigenvalue weighted by molar-refractivity contribution is -0.141. The van der Waals surface area contributed by atoms with E-state index in [-0.39, 0.29) is 5.92 Å². The highest BCUT2D eigenvalue weighted by molar-refractivity contribution is 5.70. The number of aromatic nitrogens is 1. The predicted molar refractivity (Wildman–Crippen MR) is 77.7 cm³/mol. The van der Waals surface area contributed by atoms with E-state index in [1.54, 1.807) is 6.26 Å². The standard InChI is InChI=1S/C16H18N2O3/c1-11-2-4-12(5-3-11)15-17-14(10-21-15)9-18-7-6-13(8-18)16(19)20/h2-5,10,13H,6-9H2,1H3,(H,19,20). The normalized spacial score (nSPS) is 19.0. The minimum Gasteiger partial charge on any atom is -0.481 e. The first kappa shape index (κ1) is 13.8. The highest BCUT2D eigenvalue weighted by atomic mass is 16.4. The van der Waals surface area contributed by atoms with Crippen molar-refractivity contribution in [3.05, 3.63) is 41.8 Å². The summed E-state index contributed by atoms with van der Waals surface area (Å²) in [5.41, 5.74) is 3.00. The van der Waals surface area contributed by atoms with Gasteiger partial charge in [-0.3, -0.25) is 9.69 Å². The number of carboxylic acid groups (broad SMARTS) is 1. The van der Waals surface area contributed by atoms with Crippen molar-refractivity contribution in [2.45, 2.75) is 19.9 Å². The molecule has 0 bridgehead atoms. The smallest absolute Gasteiger partial charge is 0.307 e. The summed E-state index contributed by atoms with van der Waals surface area (Å²) in [6, 6.07) is 8.02. The summed E-state index contributed by atoms with van der Waals surface area (Å²) in [7, 11) is 0. The maximum atomic E-state index is 11.0. The molecule has 1 fully saturated rings. The Bertz CT molecular complexity index is 633. The van der Waals surface area contributed by atoms with Gasteiger partial charge in [0, 0.05) is 18.7 Å². The second-order valence-corrected chi connectivity index (χ2v) is 5.57. The van der Waals surface area contributed by atoms with Crippen LogP contribution in [-0.2, 0) is 11.3 Å². The number of rotatable bonds is 4. The lowest BCUT2D eigenvalue weighted by atomic mass is 10.1. The number of carbonyl (C=O) groups is 1. The Kier molecular flexibility index (Phi) is 3.75. The second kappa shape index (κ2) is 5.69. The van der Waals surface area contributed by atoms with E-state index in [1.807, 2.05) is 31.2 Å². The zero-order chi connectivity index (χ0) is 14.8. The van der Waals surface area contributed by atoms with Crippen LogP contribution in [0.25, 0.3) is 11.5 Å². The summed E-state index contributed by atoms with van der Waals surface area (Å²) in [5, 5.41) is 9.01. The number of nitrogens with zero attached hydrogens (tertiary/aromatic N) is 2. The molecule has 3 rings (SSSR count). The number of hydrogen-bond donors (Lipinski definition) is 1. The van der Waals surface area contributed by atoms with E-state index < -0.39 is 5.97 Å². The number of oxazole rings is 1. The van der Waals surface area contributed by atoms with E-state index in [0.717, 1.165) is 17.8 Å². The monoisotopic (exact) mass is 286 g/mol. The number of likely N-dealkylation sites (tertiary alicyclic amines) is 1. The van der Waals surface area contributed by atoms with Gasteiger partial charge in [-0.25, -0.2) is 4.98 Å². The van der Waals surface area contributed by atoms with Crippen molar-refractivity contribution in [1.29, 1.82) is 0 Å². The zero-order valence-corrected chi connectivity index (χ0v) is 12.0. The highest BCUT2D eigenvalue weighted by Gasteiger charge is 2.28. The molecule has 21 heavy (non-hydrogen) atoms. The van der Waals surface area contributed by atoms with E-state index in [1.165, 1.54) is 5.56 Å². The third kappa shape index (κ3) is 3.13. The first-order valence-electron chi connectivity index (χ1n) is 7.08. The predicted octanol–water partition coefficient (Wildman–Crippen LogP) is 2.56. The summed E-state index contributed by atoms with van der Waals surface area (Å²) < 4.78 is 5.52. The molecule has 0 saturated carbocycles. The van der Waals surface area contributed by atoms with Crippen LogP contribution in [0.15, 0.2) is 34.9 Å². The van der Waals surface area contributed by atoms with E-state index >= 15 is 0 Å². The Morgan fingerprint density at radius 2 is 2.19 bits per heavy atom.